The maximum Gasteiger partial charge on any atom is 0.319 e. The van der Waals surface area contributed by atoms with E-state index in [1.807, 2.05) is 36.2 Å². The molecule has 0 bridgehead atoms. The van der Waals surface area contributed by atoms with Crippen LogP contribution in [-0.2, 0) is 6.54 Å². The Kier molecular flexibility index (Phi) is 5.40. The van der Waals surface area contributed by atoms with Crippen molar-refractivity contribution >= 4 is 40.5 Å². The van der Waals surface area contributed by atoms with Crippen LogP contribution in [0.3, 0.4) is 0 Å². The van der Waals surface area contributed by atoms with Gasteiger partial charge in [0.25, 0.3) is 0 Å². The Morgan fingerprint density at radius 2 is 2.00 bits per heavy atom. The molecule has 1 aromatic heterocycles. The van der Waals surface area contributed by atoms with Gasteiger partial charge in [-0.1, -0.05) is 0 Å². The zero-order valence-electron chi connectivity index (χ0n) is 13.0. The molecule has 2 N–H and O–H groups in total. The molecule has 2 aromatic rings. The molecule has 0 atom stereocenters. The molecule has 2 amide bonds. The number of benzene rings is 1. The largest absolute Gasteiger partial charge is 0.370 e. The third-order valence-corrected chi connectivity index (χ3v) is 5.48. The van der Waals surface area contributed by atoms with Gasteiger partial charge in [0, 0.05) is 47.0 Å². The average molecular weight is 348 g/mol. The van der Waals surface area contributed by atoms with Crippen LogP contribution in [0.1, 0.15) is 10.7 Å². The molecular weight excluding hydrogens is 328 g/mol. The van der Waals surface area contributed by atoms with Gasteiger partial charge in [-0.05, 0) is 31.2 Å². The fraction of sp³-hybridized carbons (Fsp3) is 0.375. The quantitative estimate of drug-likeness (QED) is 0.890. The summed E-state index contributed by atoms with van der Waals surface area (Å²) in [7, 11) is 0. The van der Waals surface area contributed by atoms with Crippen LogP contribution in [-0.4, -0.2) is 35.6 Å². The average Bonchev–Trinajstić information content (AvgIpc) is 3.00. The summed E-state index contributed by atoms with van der Waals surface area (Å²) >= 11 is 3.55. The first-order valence-corrected chi connectivity index (χ1v) is 9.63. The Bertz CT molecular complexity index is 650. The van der Waals surface area contributed by atoms with E-state index in [1.54, 1.807) is 11.3 Å². The predicted octanol–water partition coefficient (Wildman–Crippen LogP) is 3.33. The number of hydrogen-bond acceptors (Lipinski definition) is 5. The van der Waals surface area contributed by atoms with Crippen LogP contribution in [0.15, 0.2) is 29.6 Å². The number of aromatic nitrogens is 1. The first-order chi connectivity index (χ1) is 11.2. The molecule has 1 fully saturated rings. The standard InChI is InChI=1S/C16H20N4OS2/c1-12-11-23-15(18-12)10-17-16(21)19-13-2-4-14(5-3-13)20-6-8-22-9-7-20/h2-5,11H,6-10H2,1H3,(H2,17,19,21). The smallest absolute Gasteiger partial charge is 0.319 e. The maximum absolute atomic E-state index is 11.9. The van der Waals surface area contributed by atoms with E-state index in [0.29, 0.717) is 6.54 Å². The summed E-state index contributed by atoms with van der Waals surface area (Å²) in [6.45, 7) is 4.58. The molecule has 2 heterocycles. The molecule has 3 rings (SSSR count). The molecule has 5 nitrogen and oxygen atoms in total. The van der Waals surface area contributed by atoms with Gasteiger partial charge in [0.05, 0.1) is 6.54 Å². The van der Waals surface area contributed by atoms with Crippen LogP contribution < -0.4 is 15.5 Å². The molecule has 0 saturated carbocycles. The van der Waals surface area contributed by atoms with Crippen molar-refractivity contribution < 1.29 is 4.79 Å². The lowest BCUT2D eigenvalue weighted by molar-refractivity contribution is 0.251. The minimum Gasteiger partial charge on any atom is -0.370 e. The number of nitrogens with zero attached hydrogens (tertiary/aromatic N) is 2. The minimum atomic E-state index is -0.208. The molecule has 7 heteroatoms. The van der Waals surface area contributed by atoms with Gasteiger partial charge in [-0.3, -0.25) is 0 Å². The number of amides is 2. The summed E-state index contributed by atoms with van der Waals surface area (Å²) in [6, 6.07) is 7.82. The molecule has 1 aromatic carbocycles. The van der Waals surface area contributed by atoms with Crippen molar-refractivity contribution in [2.45, 2.75) is 13.5 Å². The van der Waals surface area contributed by atoms with Gasteiger partial charge in [0.2, 0.25) is 0 Å². The molecule has 122 valence electrons. The Morgan fingerprint density at radius 3 is 2.65 bits per heavy atom. The van der Waals surface area contributed by atoms with Crippen LogP contribution in [0.5, 0.6) is 0 Å². The summed E-state index contributed by atoms with van der Waals surface area (Å²) in [5.74, 6) is 2.36. The lowest BCUT2D eigenvalue weighted by atomic mass is 10.2. The van der Waals surface area contributed by atoms with Gasteiger partial charge in [0.1, 0.15) is 5.01 Å². The fourth-order valence-electron chi connectivity index (χ4n) is 2.39. The van der Waals surface area contributed by atoms with E-state index in [-0.39, 0.29) is 6.03 Å². The first-order valence-electron chi connectivity index (χ1n) is 7.59. The van der Waals surface area contributed by atoms with E-state index in [0.717, 1.165) is 29.5 Å². The third-order valence-electron chi connectivity index (χ3n) is 3.57. The van der Waals surface area contributed by atoms with Crippen LogP contribution >= 0.6 is 23.1 Å². The number of nitrogens with one attached hydrogen (secondary N) is 2. The Hall–Kier alpha value is -1.73. The second-order valence-corrected chi connectivity index (χ2v) is 7.50. The number of anilines is 2. The molecule has 1 saturated heterocycles. The Morgan fingerprint density at radius 1 is 1.26 bits per heavy atom. The van der Waals surface area contributed by atoms with E-state index in [9.17, 15) is 4.79 Å². The fourth-order valence-corrected chi connectivity index (χ4v) is 4.01. The molecule has 1 aliphatic heterocycles. The molecule has 0 aliphatic carbocycles. The van der Waals surface area contributed by atoms with E-state index in [4.69, 9.17) is 0 Å². The highest BCUT2D eigenvalue weighted by molar-refractivity contribution is 7.99. The van der Waals surface area contributed by atoms with Gasteiger partial charge in [-0.2, -0.15) is 11.8 Å². The highest BCUT2D eigenvalue weighted by Crippen LogP contribution is 2.21. The van der Waals surface area contributed by atoms with Crippen molar-refractivity contribution in [1.82, 2.24) is 10.3 Å². The normalized spacial score (nSPS) is 14.6. The zero-order chi connectivity index (χ0) is 16.1. The molecule has 0 unspecified atom stereocenters. The number of carbonyl (C=O) groups excluding carboxylic acids is 1. The SMILES string of the molecule is Cc1csc(CNC(=O)Nc2ccc(N3CCSCC3)cc2)n1. The number of urea groups is 1. The van der Waals surface area contributed by atoms with E-state index in [1.165, 1.54) is 17.2 Å². The van der Waals surface area contributed by atoms with Crippen molar-refractivity contribution in [3.05, 3.63) is 40.3 Å². The van der Waals surface area contributed by atoms with E-state index < -0.39 is 0 Å². The summed E-state index contributed by atoms with van der Waals surface area (Å²) in [4.78, 5) is 18.6. The van der Waals surface area contributed by atoms with Crippen LogP contribution in [0.2, 0.25) is 0 Å². The minimum absolute atomic E-state index is 0.208. The number of hydrogen-bond donors (Lipinski definition) is 2. The van der Waals surface area contributed by atoms with Gasteiger partial charge in [0.15, 0.2) is 0 Å². The number of thiazole rings is 1. The third kappa shape index (κ3) is 4.62. The summed E-state index contributed by atoms with van der Waals surface area (Å²) in [6.07, 6.45) is 0. The topological polar surface area (TPSA) is 57.3 Å². The number of thioether (sulfide) groups is 1. The number of aryl methyl sites for hydroxylation is 1. The summed E-state index contributed by atoms with van der Waals surface area (Å²) in [5.41, 5.74) is 3.00. The highest BCUT2D eigenvalue weighted by atomic mass is 32.2. The molecule has 23 heavy (non-hydrogen) atoms. The Balaban J connectivity index is 1.50. The van der Waals surface area contributed by atoms with Crippen LogP contribution in [0.25, 0.3) is 0 Å². The van der Waals surface area contributed by atoms with Crippen molar-refractivity contribution in [3.8, 4) is 0 Å². The lowest BCUT2D eigenvalue weighted by Gasteiger charge is -2.28. The zero-order valence-corrected chi connectivity index (χ0v) is 14.7. The number of rotatable bonds is 4. The van der Waals surface area contributed by atoms with Crippen molar-refractivity contribution in [2.24, 2.45) is 0 Å². The van der Waals surface area contributed by atoms with Crippen LogP contribution in [0, 0.1) is 6.92 Å². The van der Waals surface area contributed by atoms with Crippen molar-refractivity contribution in [3.63, 3.8) is 0 Å². The van der Waals surface area contributed by atoms with E-state index in [2.05, 4.69) is 32.7 Å². The molecule has 1 aliphatic rings. The maximum atomic E-state index is 11.9. The highest BCUT2D eigenvalue weighted by Gasteiger charge is 2.11. The molecular formula is C16H20N4OS2. The van der Waals surface area contributed by atoms with Crippen molar-refractivity contribution in [1.29, 1.82) is 0 Å². The monoisotopic (exact) mass is 348 g/mol. The second kappa shape index (κ2) is 7.70. The van der Waals surface area contributed by atoms with Gasteiger partial charge in [-0.25, -0.2) is 9.78 Å². The Labute approximate surface area is 144 Å². The second-order valence-electron chi connectivity index (χ2n) is 5.34. The van der Waals surface area contributed by atoms with E-state index >= 15 is 0 Å². The van der Waals surface area contributed by atoms with Gasteiger partial charge >= 0.3 is 6.03 Å². The first kappa shape index (κ1) is 16.1. The van der Waals surface area contributed by atoms with Gasteiger partial charge < -0.3 is 15.5 Å². The summed E-state index contributed by atoms with van der Waals surface area (Å²) in [5, 5.41) is 8.57. The van der Waals surface area contributed by atoms with Gasteiger partial charge in [-0.15, -0.1) is 11.3 Å². The summed E-state index contributed by atoms with van der Waals surface area (Å²) < 4.78 is 0. The molecule has 0 radical (unpaired) electrons. The number of carbonyl (C=O) groups is 1. The lowest BCUT2D eigenvalue weighted by Crippen LogP contribution is -2.32. The predicted molar refractivity (Wildman–Crippen MR) is 98.7 cm³/mol. The van der Waals surface area contributed by atoms with Crippen molar-refractivity contribution in [2.75, 3.05) is 34.8 Å². The molecule has 0 spiro atoms. The van der Waals surface area contributed by atoms with Crippen LogP contribution in [0.4, 0.5) is 16.2 Å².